The molecule has 0 saturated carbocycles. The molecule has 0 aliphatic carbocycles. The topological polar surface area (TPSA) is 96.0 Å². The molecule has 1 N–H and O–H groups in total. The Bertz CT molecular complexity index is 962. The summed E-state index contributed by atoms with van der Waals surface area (Å²) in [6.45, 7) is 1.35. The highest BCUT2D eigenvalue weighted by molar-refractivity contribution is 7.92. The van der Waals surface area contributed by atoms with Gasteiger partial charge in [-0.15, -0.1) is 0 Å². The first-order valence-corrected chi connectivity index (χ1v) is 11.2. The lowest BCUT2D eigenvalue weighted by molar-refractivity contribution is -0.139. The molecule has 2 aromatic rings. The van der Waals surface area contributed by atoms with Gasteiger partial charge in [0, 0.05) is 13.6 Å². The zero-order chi connectivity index (χ0) is 22.3. The Morgan fingerprint density at radius 3 is 2.17 bits per heavy atom. The van der Waals surface area contributed by atoms with Crippen molar-refractivity contribution >= 4 is 27.5 Å². The molecule has 0 unspecified atom stereocenters. The first kappa shape index (κ1) is 23.2. The van der Waals surface area contributed by atoms with Crippen LogP contribution < -0.4 is 14.4 Å². The van der Waals surface area contributed by atoms with E-state index in [1.807, 2.05) is 30.3 Å². The van der Waals surface area contributed by atoms with Crippen molar-refractivity contribution in [3.63, 3.8) is 0 Å². The van der Waals surface area contributed by atoms with Crippen LogP contribution in [0.4, 0.5) is 5.69 Å². The number of carbonyl (C=O) groups is 2. The fourth-order valence-electron chi connectivity index (χ4n) is 2.93. The van der Waals surface area contributed by atoms with Crippen LogP contribution in [0.2, 0.25) is 0 Å². The Morgan fingerprint density at radius 1 is 1.07 bits per heavy atom. The van der Waals surface area contributed by atoms with Crippen molar-refractivity contribution < 1.29 is 22.7 Å². The SMILES string of the molecule is CNC(=O)[C@@H](C)N(Cc1ccccc1)C(=O)CN(c1ccc(OC)cc1)S(C)(=O)=O. The van der Waals surface area contributed by atoms with E-state index in [1.54, 1.807) is 31.2 Å². The average Bonchev–Trinajstić information content (AvgIpc) is 2.74. The van der Waals surface area contributed by atoms with Crippen LogP contribution in [0.1, 0.15) is 12.5 Å². The van der Waals surface area contributed by atoms with E-state index < -0.39 is 28.5 Å². The Kier molecular flexibility index (Phi) is 7.82. The van der Waals surface area contributed by atoms with Gasteiger partial charge in [0.2, 0.25) is 21.8 Å². The van der Waals surface area contributed by atoms with Gasteiger partial charge in [0.1, 0.15) is 18.3 Å². The number of ether oxygens (including phenoxy) is 1. The molecule has 0 fully saturated rings. The van der Waals surface area contributed by atoms with E-state index in [2.05, 4.69) is 5.32 Å². The summed E-state index contributed by atoms with van der Waals surface area (Å²) in [5.41, 5.74) is 1.16. The lowest BCUT2D eigenvalue weighted by Crippen LogP contribution is -2.50. The lowest BCUT2D eigenvalue weighted by atomic mass is 10.1. The number of hydrogen-bond acceptors (Lipinski definition) is 5. The number of methoxy groups -OCH3 is 1. The average molecular weight is 434 g/mol. The monoisotopic (exact) mass is 433 g/mol. The van der Waals surface area contributed by atoms with Gasteiger partial charge in [0.05, 0.1) is 19.1 Å². The zero-order valence-corrected chi connectivity index (χ0v) is 18.3. The summed E-state index contributed by atoms with van der Waals surface area (Å²) >= 11 is 0. The van der Waals surface area contributed by atoms with Gasteiger partial charge >= 0.3 is 0 Å². The highest BCUT2D eigenvalue weighted by atomic mass is 32.2. The van der Waals surface area contributed by atoms with E-state index >= 15 is 0 Å². The number of benzene rings is 2. The molecule has 8 nitrogen and oxygen atoms in total. The summed E-state index contributed by atoms with van der Waals surface area (Å²) in [4.78, 5) is 26.8. The minimum Gasteiger partial charge on any atom is -0.497 e. The molecule has 1 atom stereocenters. The summed E-state index contributed by atoms with van der Waals surface area (Å²) < 4.78 is 30.9. The van der Waals surface area contributed by atoms with E-state index in [4.69, 9.17) is 4.74 Å². The molecule has 0 saturated heterocycles. The van der Waals surface area contributed by atoms with E-state index in [-0.39, 0.29) is 12.5 Å². The molecule has 0 aromatic heterocycles. The Labute approximate surface area is 177 Å². The number of anilines is 1. The van der Waals surface area contributed by atoms with Crippen LogP contribution in [-0.4, -0.2) is 58.1 Å². The first-order chi connectivity index (χ1) is 14.2. The van der Waals surface area contributed by atoms with Crippen molar-refractivity contribution in [1.29, 1.82) is 0 Å². The van der Waals surface area contributed by atoms with Crippen LogP contribution in [0.25, 0.3) is 0 Å². The highest BCUT2D eigenvalue weighted by Crippen LogP contribution is 2.22. The van der Waals surface area contributed by atoms with Gasteiger partial charge < -0.3 is 15.0 Å². The molecule has 0 radical (unpaired) electrons. The van der Waals surface area contributed by atoms with E-state index in [0.717, 1.165) is 16.1 Å². The zero-order valence-electron chi connectivity index (χ0n) is 17.5. The van der Waals surface area contributed by atoms with Gasteiger partial charge in [0.25, 0.3) is 0 Å². The summed E-state index contributed by atoms with van der Waals surface area (Å²) in [5, 5.41) is 2.54. The van der Waals surface area contributed by atoms with Crippen LogP contribution in [0.15, 0.2) is 54.6 Å². The van der Waals surface area contributed by atoms with Crippen molar-refractivity contribution in [2.45, 2.75) is 19.5 Å². The first-order valence-electron chi connectivity index (χ1n) is 9.34. The second-order valence-corrected chi connectivity index (χ2v) is 8.67. The number of nitrogens with zero attached hydrogens (tertiary/aromatic N) is 2. The Morgan fingerprint density at radius 2 is 1.67 bits per heavy atom. The Hall–Kier alpha value is -3.07. The largest absolute Gasteiger partial charge is 0.497 e. The number of amides is 2. The molecule has 0 aliphatic heterocycles. The van der Waals surface area contributed by atoms with E-state index in [1.165, 1.54) is 19.1 Å². The molecule has 0 aliphatic rings. The van der Waals surface area contributed by atoms with Crippen molar-refractivity contribution in [3.8, 4) is 5.75 Å². The maximum atomic E-state index is 13.2. The van der Waals surface area contributed by atoms with Crippen LogP contribution in [0.3, 0.4) is 0 Å². The predicted molar refractivity (Wildman–Crippen MR) is 116 cm³/mol. The standard InChI is InChI=1S/C21H27N3O5S/c1-16(21(26)22-2)23(14-17-8-6-5-7-9-17)20(25)15-24(30(4,27)28)18-10-12-19(29-3)13-11-18/h5-13,16H,14-15H2,1-4H3,(H,22,26)/t16-/m1/s1. The normalized spacial score (nSPS) is 12.0. The van der Waals surface area contributed by atoms with Crippen LogP contribution >= 0.6 is 0 Å². The number of rotatable bonds is 9. The number of hydrogen-bond donors (Lipinski definition) is 1. The van der Waals surface area contributed by atoms with Gasteiger partial charge in [-0.2, -0.15) is 0 Å². The van der Waals surface area contributed by atoms with Crippen molar-refractivity contribution in [2.75, 3.05) is 31.3 Å². The fraction of sp³-hybridized carbons (Fsp3) is 0.333. The Balaban J connectivity index is 2.34. The summed E-state index contributed by atoms with van der Waals surface area (Å²) in [6, 6.07) is 14.8. The molecular weight excluding hydrogens is 406 g/mol. The molecule has 162 valence electrons. The van der Waals surface area contributed by atoms with Gasteiger partial charge in [-0.25, -0.2) is 8.42 Å². The molecule has 0 heterocycles. The summed E-state index contributed by atoms with van der Waals surface area (Å²) in [6.07, 6.45) is 1.04. The second kappa shape index (κ2) is 10.1. The van der Waals surface area contributed by atoms with Gasteiger partial charge in [0.15, 0.2) is 0 Å². The molecule has 30 heavy (non-hydrogen) atoms. The smallest absolute Gasteiger partial charge is 0.244 e. The maximum absolute atomic E-state index is 13.2. The van der Waals surface area contributed by atoms with Crippen LogP contribution in [-0.2, 0) is 26.2 Å². The lowest BCUT2D eigenvalue weighted by Gasteiger charge is -2.31. The minimum atomic E-state index is -3.75. The highest BCUT2D eigenvalue weighted by Gasteiger charge is 2.29. The van der Waals surface area contributed by atoms with E-state index in [9.17, 15) is 18.0 Å². The minimum absolute atomic E-state index is 0.175. The third kappa shape index (κ3) is 5.96. The third-order valence-electron chi connectivity index (χ3n) is 4.65. The van der Waals surface area contributed by atoms with Gasteiger partial charge in [-0.05, 0) is 36.8 Å². The molecule has 2 aromatic carbocycles. The molecule has 0 bridgehead atoms. The van der Waals surface area contributed by atoms with Gasteiger partial charge in [-0.1, -0.05) is 30.3 Å². The van der Waals surface area contributed by atoms with E-state index in [0.29, 0.717) is 11.4 Å². The number of sulfonamides is 1. The van der Waals surface area contributed by atoms with Gasteiger partial charge in [-0.3, -0.25) is 13.9 Å². The predicted octanol–water partition coefficient (Wildman–Crippen LogP) is 1.62. The summed E-state index contributed by atoms with van der Waals surface area (Å²) in [5.74, 6) is -0.261. The quantitative estimate of drug-likeness (QED) is 0.648. The van der Waals surface area contributed by atoms with Crippen LogP contribution in [0.5, 0.6) is 5.75 Å². The second-order valence-electron chi connectivity index (χ2n) is 6.77. The number of carbonyl (C=O) groups excluding carboxylic acids is 2. The van der Waals surface area contributed by atoms with Crippen molar-refractivity contribution in [2.24, 2.45) is 0 Å². The molecule has 9 heteroatoms. The summed E-state index contributed by atoms with van der Waals surface area (Å²) in [7, 11) is -0.747. The van der Waals surface area contributed by atoms with Crippen molar-refractivity contribution in [3.05, 3.63) is 60.2 Å². The van der Waals surface area contributed by atoms with Crippen molar-refractivity contribution in [1.82, 2.24) is 10.2 Å². The molecular formula is C21H27N3O5S. The van der Waals surface area contributed by atoms with Crippen LogP contribution in [0, 0.1) is 0 Å². The molecule has 2 amide bonds. The number of likely N-dealkylation sites (N-methyl/N-ethyl adjacent to an activating group) is 1. The third-order valence-corrected chi connectivity index (χ3v) is 5.79. The molecule has 0 spiro atoms. The number of nitrogens with one attached hydrogen (secondary N) is 1. The fourth-order valence-corrected chi connectivity index (χ4v) is 3.78. The molecule has 2 rings (SSSR count). The maximum Gasteiger partial charge on any atom is 0.244 e.